The van der Waals surface area contributed by atoms with E-state index in [1.54, 1.807) is 0 Å². The second-order valence-electron chi connectivity index (χ2n) is 3.24. The van der Waals surface area contributed by atoms with E-state index in [4.69, 9.17) is 5.73 Å². The molecular weight excluding hydrogens is 142 g/mol. The largest absolute Gasteiger partial charge is 0.326 e. The van der Waals surface area contributed by atoms with Gasteiger partial charge in [-0.05, 0) is 0 Å². The number of nitrogens with two attached hydrogens (primary N) is 1. The Labute approximate surface area is 66.8 Å². The number of hydrogen-bond acceptors (Lipinski definition) is 3. The van der Waals surface area contributed by atoms with Crippen LogP contribution in [0.3, 0.4) is 0 Å². The smallest absolute Gasteiger partial charge is 0.245 e. The van der Waals surface area contributed by atoms with Crippen molar-refractivity contribution in [2.45, 2.75) is 20.8 Å². The molecule has 0 aliphatic heterocycles. The zero-order chi connectivity index (χ0) is 8.91. The molecule has 0 aliphatic carbocycles. The average Bonchev–Trinajstić information content (AvgIpc) is 1.86. The maximum atomic E-state index is 11.1. The van der Waals surface area contributed by atoms with Gasteiger partial charge in [-0.25, -0.2) is 5.43 Å². The summed E-state index contributed by atoms with van der Waals surface area (Å²) in [5, 5.41) is 3.61. The lowest BCUT2D eigenvalue weighted by atomic mass is 9.96. The van der Waals surface area contributed by atoms with Gasteiger partial charge in [0.2, 0.25) is 5.91 Å². The molecule has 11 heavy (non-hydrogen) atoms. The van der Waals surface area contributed by atoms with Crippen LogP contribution >= 0.6 is 0 Å². The minimum atomic E-state index is -0.397. The van der Waals surface area contributed by atoms with Gasteiger partial charge in [0.15, 0.2) is 0 Å². The zero-order valence-corrected chi connectivity index (χ0v) is 7.22. The van der Waals surface area contributed by atoms with E-state index in [0.29, 0.717) is 6.54 Å². The first-order valence-corrected chi connectivity index (χ1v) is 3.50. The van der Waals surface area contributed by atoms with Crippen molar-refractivity contribution in [1.29, 1.82) is 0 Å². The molecule has 4 heteroatoms. The van der Waals surface area contributed by atoms with Crippen LogP contribution in [0.1, 0.15) is 20.8 Å². The first-order chi connectivity index (χ1) is 4.98. The Kier molecular flexibility index (Phi) is 3.74. The van der Waals surface area contributed by atoms with Crippen LogP contribution in [0, 0.1) is 5.41 Å². The monoisotopic (exact) mass is 157 g/mol. The Bertz CT molecular complexity index is 158. The van der Waals surface area contributed by atoms with Gasteiger partial charge in [0, 0.05) is 18.2 Å². The van der Waals surface area contributed by atoms with Crippen molar-refractivity contribution in [1.82, 2.24) is 5.43 Å². The van der Waals surface area contributed by atoms with E-state index in [0.717, 1.165) is 0 Å². The van der Waals surface area contributed by atoms with E-state index in [1.165, 1.54) is 6.21 Å². The number of amides is 1. The maximum absolute atomic E-state index is 11.1. The fourth-order valence-electron chi connectivity index (χ4n) is 0.325. The molecule has 0 saturated carbocycles. The van der Waals surface area contributed by atoms with Gasteiger partial charge in [0.05, 0.1) is 0 Å². The maximum Gasteiger partial charge on any atom is 0.245 e. The van der Waals surface area contributed by atoms with Gasteiger partial charge in [-0.3, -0.25) is 4.79 Å². The predicted molar refractivity (Wildman–Crippen MR) is 45.1 cm³/mol. The minimum absolute atomic E-state index is 0.109. The van der Waals surface area contributed by atoms with Crippen LogP contribution in [0.5, 0.6) is 0 Å². The first-order valence-electron chi connectivity index (χ1n) is 3.50. The SMILES string of the molecule is CC(C)(C)C(=O)NN=CCN. The van der Waals surface area contributed by atoms with E-state index in [1.807, 2.05) is 20.8 Å². The lowest BCUT2D eigenvalue weighted by Gasteiger charge is -2.14. The molecule has 0 spiro atoms. The summed E-state index contributed by atoms with van der Waals surface area (Å²) < 4.78 is 0. The molecule has 0 bridgehead atoms. The van der Waals surface area contributed by atoms with Crippen LogP contribution in [0.15, 0.2) is 5.10 Å². The summed E-state index contributed by atoms with van der Waals surface area (Å²) in [4.78, 5) is 11.1. The van der Waals surface area contributed by atoms with Crippen molar-refractivity contribution in [2.24, 2.45) is 16.3 Å². The molecule has 0 saturated heterocycles. The van der Waals surface area contributed by atoms with Gasteiger partial charge in [-0.15, -0.1) is 0 Å². The van der Waals surface area contributed by atoms with Crippen molar-refractivity contribution < 1.29 is 4.79 Å². The van der Waals surface area contributed by atoms with Crippen LogP contribution in [-0.4, -0.2) is 18.7 Å². The summed E-state index contributed by atoms with van der Waals surface area (Å²) in [5.74, 6) is -0.109. The predicted octanol–water partition coefficient (Wildman–Crippen LogP) is 0.0932. The highest BCUT2D eigenvalue weighted by Crippen LogP contribution is 2.11. The standard InChI is InChI=1S/C7H15N3O/c1-7(2,3)6(11)10-9-5-4-8/h5H,4,8H2,1-3H3,(H,10,11). The Hall–Kier alpha value is -0.900. The molecule has 0 aromatic carbocycles. The van der Waals surface area contributed by atoms with E-state index >= 15 is 0 Å². The zero-order valence-electron chi connectivity index (χ0n) is 7.22. The fourth-order valence-corrected chi connectivity index (χ4v) is 0.325. The van der Waals surface area contributed by atoms with Gasteiger partial charge in [-0.2, -0.15) is 5.10 Å². The third-order valence-corrected chi connectivity index (χ3v) is 1.04. The number of hydrogen-bond donors (Lipinski definition) is 2. The summed E-state index contributed by atoms with van der Waals surface area (Å²) in [6.07, 6.45) is 1.45. The molecule has 0 unspecified atom stereocenters. The van der Waals surface area contributed by atoms with Crippen LogP contribution < -0.4 is 11.2 Å². The molecule has 0 rings (SSSR count). The normalized spacial score (nSPS) is 12.0. The second-order valence-corrected chi connectivity index (χ2v) is 3.24. The van der Waals surface area contributed by atoms with Crippen molar-refractivity contribution >= 4 is 12.1 Å². The van der Waals surface area contributed by atoms with E-state index < -0.39 is 5.41 Å². The highest BCUT2D eigenvalue weighted by Gasteiger charge is 2.20. The van der Waals surface area contributed by atoms with E-state index in [-0.39, 0.29) is 5.91 Å². The number of rotatable bonds is 2. The Morgan fingerprint density at radius 2 is 2.18 bits per heavy atom. The molecular formula is C7H15N3O. The number of hydrazone groups is 1. The molecule has 64 valence electrons. The molecule has 0 fully saturated rings. The van der Waals surface area contributed by atoms with Crippen LogP contribution in [-0.2, 0) is 4.79 Å². The van der Waals surface area contributed by atoms with Gasteiger partial charge >= 0.3 is 0 Å². The van der Waals surface area contributed by atoms with Crippen LogP contribution in [0.25, 0.3) is 0 Å². The van der Waals surface area contributed by atoms with Gasteiger partial charge in [0.1, 0.15) is 0 Å². The topological polar surface area (TPSA) is 67.5 Å². The summed E-state index contributed by atoms with van der Waals surface area (Å²) in [5.41, 5.74) is 7.10. The summed E-state index contributed by atoms with van der Waals surface area (Å²) in [7, 11) is 0. The number of nitrogens with zero attached hydrogens (tertiary/aromatic N) is 1. The molecule has 1 amide bonds. The van der Waals surface area contributed by atoms with E-state index in [2.05, 4.69) is 10.5 Å². The van der Waals surface area contributed by atoms with Gasteiger partial charge < -0.3 is 5.73 Å². The molecule has 4 nitrogen and oxygen atoms in total. The Balaban J connectivity index is 3.80. The summed E-state index contributed by atoms with van der Waals surface area (Å²) in [6.45, 7) is 5.80. The highest BCUT2D eigenvalue weighted by atomic mass is 16.2. The molecule has 0 aliphatic rings. The molecule has 0 aromatic rings. The number of carbonyl (C=O) groups is 1. The first kappa shape index (κ1) is 10.1. The Morgan fingerprint density at radius 3 is 2.55 bits per heavy atom. The molecule has 0 aromatic heterocycles. The summed E-state index contributed by atoms with van der Waals surface area (Å²) >= 11 is 0. The Morgan fingerprint density at radius 1 is 1.64 bits per heavy atom. The van der Waals surface area contributed by atoms with Crippen molar-refractivity contribution in [3.8, 4) is 0 Å². The van der Waals surface area contributed by atoms with Crippen molar-refractivity contribution in [3.05, 3.63) is 0 Å². The molecule has 3 N–H and O–H groups in total. The fraction of sp³-hybridized carbons (Fsp3) is 0.714. The minimum Gasteiger partial charge on any atom is -0.326 e. The van der Waals surface area contributed by atoms with Crippen LogP contribution in [0.2, 0.25) is 0 Å². The molecule has 0 heterocycles. The van der Waals surface area contributed by atoms with Crippen molar-refractivity contribution in [2.75, 3.05) is 6.54 Å². The lowest BCUT2D eigenvalue weighted by Crippen LogP contribution is -2.31. The second kappa shape index (κ2) is 4.08. The third-order valence-electron chi connectivity index (χ3n) is 1.04. The van der Waals surface area contributed by atoms with Gasteiger partial charge in [-0.1, -0.05) is 20.8 Å². The lowest BCUT2D eigenvalue weighted by molar-refractivity contribution is -0.128. The number of carbonyl (C=O) groups excluding carboxylic acids is 1. The highest BCUT2D eigenvalue weighted by molar-refractivity contribution is 5.81. The van der Waals surface area contributed by atoms with Gasteiger partial charge in [0.25, 0.3) is 0 Å². The number of nitrogens with one attached hydrogen (secondary N) is 1. The third kappa shape index (κ3) is 4.50. The molecule has 0 radical (unpaired) electrons. The summed E-state index contributed by atoms with van der Waals surface area (Å²) in [6, 6.07) is 0. The quantitative estimate of drug-likeness (QED) is 0.440. The van der Waals surface area contributed by atoms with E-state index in [9.17, 15) is 4.79 Å². The van der Waals surface area contributed by atoms with Crippen LogP contribution in [0.4, 0.5) is 0 Å². The molecule has 0 atom stereocenters. The van der Waals surface area contributed by atoms with Crippen molar-refractivity contribution in [3.63, 3.8) is 0 Å². The average molecular weight is 157 g/mol.